The summed E-state index contributed by atoms with van der Waals surface area (Å²) >= 11 is 0. The van der Waals surface area contributed by atoms with Gasteiger partial charge in [0.25, 0.3) is 0 Å². The van der Waals surface area contributed by atoms with Crippen LogP contribution in [0.5, 0.6) is 0 Å². The fraction of sp³-hybridized carbons (Fsp3) is 1.00. The molecule has 14 heavy (non-hydrogen) atoms. The van der Waals surface area contributed by atoms with E-state index < -0.39 is 0 Å². The van der Waals surface area contributed by atoms with Gasteiger partial charge in [0, 0.05) is 25.7 Å². The van der Waals surface area contributed by atoms with Crippen molar-refractivity contribution in [1.29, 1.82) is 0 Å². The first-order valence-corrected chi connectivity index (χ1v) is 5.59. The van der Waals surface area contributed by atoms with Crippen molar-refractivity contribution < 1.29 is 4.74 Å². The molecular formula is C11H26N2O. The highest BCUT2D eigenvalue weighted by Gasteiger charge is 2.15. The molecular weight excluding hydrogens is 176 g/mol. The van der Waals surface area contributed by atoms with E-state index in [4.69, 9.17) is 4.74 Å². The number of rotatable bonds is 8. The van der Waals surface area contributed by atoms with Crippen molar-refractivity contribution in [3.05, 3.63) is 0 Å². The second-order valence-corrected chi connectivity index (χ2v) is 3.79. The second kappa shape index (κ2) is 8.21. The summed E-state index contributed by atoms with van der Waals surface area (Å²) in [5.41, 5.74) is 0. The predicted octanol–water partition coefficient (Wildman–Crippen LogP) is 1.34. The van der Waals surface area contributed by atoms with Crippen LogP contribution in [-0.4, -0.2) is 50.8 Å². The van der Waals surface area contributed by atoms with E-state index >= 15 is 0 Å². The van der Waals surface area contributed by atoms with Gasteiger partial charge in [-0.25, -0.2) is 0 Å². The molecule has 0 bridgehead atoms. The first-order chi connectivity index (χ1) is 6.69. The van der Waals surface area contributed by atoms with Gasteiger partial charge < -0.3 is 10.1 Å². The molecule has 0 heterocycles. The van der Waals surface area contributed by atoms with Gasteiger partial charge in [0.15, 0.2) is 0 Å². The zero-order valence-corrected chi connectivity index (χ0v) is 10.3. The van der Waals surface area contributed by atoms with Gasteiger partial charge in [0.05, 0.1) is 6.61 Å². The predicted molar refractivity (Wildman–Crippen MR) is 61.7 cm³/mol. The summed E-state index contributed by atoms with van der Waals surface area (Å²) in [5.74, 6) is 0. The Morgan fingerprint density at radius 1 is 1.36 bits per heavy atom. The highest BCUT2D eigenvalue weighted by Crippen LogP contribution is 2.02. The molecule has 0 aromatic rings. The minimum atomic E-state index is 0.507. The number of hydrogen-bond acceptors (Lipinski definition) is 3. The Bertz CT molecular complexity index is 126. The van der Waals surface area contributed by atoms with Crippen LogP contribution < -0.4 is 5.32 Å². The standard InChI is InChI=1S/C11H26N2O/c1-6-11(12-4)8-13(7-2)10(3)9-14-5/h10-12H,6-9H2,1-5H3. The van der Waals surface area contributed by atoms with Crippen LogP contribution in [0.4, 0.5) is 0 Å². The monoisotopic (exact) mass is 202 g/mol. The smallest absolute Gasteiger partial charge is 0.0615 e. The van der Waals surface area contributed by atoms with Crippen LogP contribution in [0, 0.1) is 0 Å². The van der Waals surface area contributed by atoms with Crippen molar-refractivity contribution in [1.82, 2.24) is 10.2 Å². The lowest BCUT2D eigenvalue weighted by Gasteiger charge is -2.30. The van der Waals surface area contributed by atoms with Crippen molar-refractivity contribution in [2.24, 2.45) is 0 Å². The molecule has 0 saturated heterocycles. The van der Waals surface area contributed by atoms with Crippen LogP contribution in [0.1, 0.15) is 27.2 Å². The summed E-state index contributed by atoms with van der Waals surface area (Å²) in [6, 6.07) is 1.10. The Morgan fingerprint density at radius 2 is 2.00 bits per heavy atom. The highest BCUT2D eigenvalue weighted by atomic mass is 16.5. The number of methoxy groups -OCH3 is 1. The van der Waals surface area contributed by atoms with Gasteiger partial charge in [-0.2, -0.15) is 0 Å². The van der Waals surface area contributed by atoms with E-state index in [2.05, 4.69) is 31.0 Å². The van der Waals surface area contributed by atoms with Gasteiger partial charge in [-0.15, -0.1) is 0 Å². The zero-order valence-electron chi connectivity index (χ0n) is 10.3. The number of hydrogen-bond donors (Lipinski definition) is 1. The second-order valence-electron chi connectivity index (χ2n) is 3.79. The van der Waals surface area contributed by atoms with E-state index in [0.717, 1.165) is 19.7 Å². The molecule has 86 valence electrons. The molecule has 0 aromatic heterocycles. The summed E-state index contributed by atoms with van der Waals surface area (Å²) in [4.78, 5) is 2.45. The molecule has 0 radical (unpaired) electrons. The topological polar surface area (TPSA) is 24.5 Å². The fourth-order valence-electron chi connectivity index (χ4n) is 1.67. The average molecular weight is 202 g/mol. The number of nitrogens with one attached hydrogen (secondary N) is 1. The molecule has 0 aromatic carbocycles. The van der Waals surface area contributed by atoms with Crippen molar-refractivity contribution in [2.75, 3.05) is 33.9 Å². The van der Waals surface area contributed by atoms with Gasteiger partial charge in [-0.05, 0) is 26.9 Å². The van der Waals surface area contributed by atoms with E-state index in [1.165, 1.54) is 6.42 Å². The van der Waals surface area contributed by atoms with E-state index in [9.17, 15) is 0 Å². The third-order valence-electron chi connectivity index (χ3n) is 2.79. The summed E-state index contributed by atoms with van der Waals surface area (Å²) in [7, 11) is 3.79. The molecule has 2 atom stereocenters. The van der Waals surface area contributed by atoms with Crippen molar-refractivity contribution in [2.45, 2.75) is 39.3 Å². The van der Waals surface area contributed by atoms with Crippen LogP contribution in [0.15, 0.2) is 0 Å². The molecule has 0 fully saturated rings. The van der Waals surface area contributed by atoms with Gasteiger partial charge in [-0.1, -0.05) is 13.8 Å². The van der Waals surface area contributed by atoms with Crippen LogP contribution in [-0.2, 0) is 4.74 Å². The Morgan fingerprint density at radius 3 is 2.36 bits per heavy atom. The molecule has 0 aliphatic rings. The molecule has 0 amide bonds. The zero-order chi connectivity index (χ0) is 11.0. The van der Waals surface area contributed by atoms with Gasteiger partial charge in [-0.3, -0.25) is 4.90 Å². The largest absolute Gasteiger partial charge is 0.383 e. The lowest BCUT2D eigenvalue weighted by Crippen LogP contribution is -2.44. The van der Waals surface area contributed by atoms with Crippen LogP contribution in [0.25, 0.3) is 0 Å². The normalized spacial score (nSPS) is 15.9. The van der Waals surface area contributed by atoms with Crippen LogP contribution in [0.2, 0.25) is 0 Å². The maximum Gasteiger partial charge on any atom is 0.0615 e. The minimum absolute atomic E-state index is 0.507. The summed E-state index contributed by atoms with van der Waals surface area (Å²) in [6.07, 6.45) is 1.17. The first kappa shape index (κ1) is 13.9. The van der Waals surface area contributed by atoms with E-state index in [-0.39, 0.29) is 0 Å². The van der Waals surface area contributed by atoms with Crippen LogP contribution >= 0.6 is 0 Å². The number of likely N-dealkylation sites (N-methyl/N-ethyl adjacent to an activating group) is 2. The number of ether oxygens (including phenoxy) is 1. The van der Waals surface area contributed by atoms with Gasteiger partial charge in [0.2, 0.25) is 0 Å². The summed E-state index contributed by atoms with van der Waals surface area (Å²) in [6.45, 7) is 9.64. The average Bonchev–Trinajstić information content (AvgIpc) is 2.20. The lowest BCUT2D eigenvalue weighted by atomic mass is 10.2. The lowest BCUT2D eigenvalue weighted by molar-refractivity contribution is 0.0959. The van der Waals surface area contributed by atoms with Crippen molar-refractivity contribution >= 4 is 0 Å². The van der Waals surface area contributed by atoms with Gasteiger partial charge in [0.1, 0.15) is 0 Å². The molecule has 1 N–H and O–H groups in total. The Hall–Kier alpha value is -0.120. The first-order valence-electron chi connectivity index (χ1n) is 5.59. The molecule has 0 aliphatic heterocycles. The molecule has 2 unspecified atom stereocenters. The minimum Gasteiger partial charge on any atom is -0.383 e. The maximum absolute atomic E-state index is 5.17. The molecule has 0 spiro atoms. The van der Waals surface area contributed by atoms with E-state index in [0.29, 0.717) is 12.1 Å². The van der Waals surface area contributed by atoms with Crippen molar-refractivity contribution in [3.63, 3.8) is 0 Å². The Labute approximate surface area is 88.8 Å². The molecule has 0 rings (SSSR count). The molecule has 0 aliphatic carbocycles. The van der Waals surface area contributed by atoms with Crippen LogP contribution in [0.3, 0.4) is 0 Å². The third kappa shape index (κ3) is 4.94. The van der Waals surface area contributed by atoms with Crippen molar-refractivity contribution in [3.8, 4) is 0 Å². The molecule has 3 heteroatoms. The summed E-state index contributed by atoms with van der Waals surface area (Å²) < 4.78 is 5.17. The Balaban J connectivity index is 3.98. The Kier molecular flexibility index (Phi) is 8.14. The van der Waals surface area contributed by atoms with E-state index in [1.54, 1.807) is 7.11 Å². The molecule has 3 nitrogen and oxygen atoms in total. The molecule has 0 saturated carbocycles. The SMILES string of the molecule is CCC(CN(CC)C(C)COC)NC. The summed E-state index contributed by atoms with van der Waals surface area (Å²) in [5, 5.41) is 3.33. The highest BCUT2D eigenvalue weighted by molar-refractivity contribution is 4.72. The maximum atomic E-state index is 5.17. The third-order valence-corrected chi connectivity index (χ3v) is 2.79. The quantitative estimate of drug-likeness (QED) is 0.643. The van der Waals surface area contributed by atoms with Gasteiger partial charge >= 0.3 is 0 Å². The van der Waals surface area contributed by atoms with E-state index in [1.807, 2.05) is 7.05 Å². The number of nitrogens with zero attached hydrogens (tertiary/aromatic N) is 1. The fourth-order valence-corrected chi connectivity index (χ4v) is 1.67.